The van der Waals surface area contributed by atoms with Crippen LogP contribution in [0.5, 0.6) is 0 Å². The molecule has 1 aliphatic carbocycles. The van der Waals surface area contributed by atoms with Crippen LogP contribution < -0.4 is 10.6 Å². The van der Waals surface area contributed by atoms with Crippen molar-refractivity contribution < 1.29 is 4.79 Å². The van der Waals surface area contributed by atoms with Gasteiger partial charge in [-0.1, -0.05) is 12.8 Å². The second-order valence-electron chi connectivity index (χ2n) is 5.48. The predicted molar refractivity (Wildman–Crippen MR) is 65.2 cm³/mol. The zero-order valence-electron chi connectivity index (χ0n) is 10.3. The average Bonchev–Trinajstić information content (AvgIpc) is 2.80. The molecule has 1 aliphatic heterocycles. The number of hydrogen-bond acceptors (Lipinski definition) is 2. The summed E-state index contributed by atoms with van der Waals surface area (Å²) >= 11 is 0. The molecule has 92 valence electrons. The standard InChI is InChI=1S/C13H24N2O/c1-10-6-7-12(9-14-10)13(16)15-8-11-4-2-3-5-11/h10-12,14H,2-9H2,1H3,(H,15,16). The predicted octanol–water partition coefficient (Wildman–Crippen LogP) is 1.68. The van der Waals surface area contributed by atoms with Crippen LogP contribution in [0.15, 0.2) is 0 Å². The van der Waals surface area contributed by atoms with Gasteiger partial charge in [-0.25, -0.2) is 0 Å². The molecule has 16 heavy (non-hydrogen) atoms. The number of nitrogens with one attached hydrogen (secondary N) is 2. The van der Waals surface area contributed by atoms with E-state index in [-0.39, 0.29) is 11.8 Å². The van der Waals surface area contributed by atoms with E-state index in [4.69, 9.17) is 0 Å². The highest BCUT2D eigenvalue weighted by atomic mass is 16.1. The molecule has 2 aliphatic rings. The minimum Gasteiger partial charge on any atom is -0.356 e. The van der Waals surface area contributed by atoms with Gasteiger partial charge in [0, 0.05) is 19.1 Å². The van der Waals surface area contributed by atoms with Crippen LogP contribution in [-0.4, -0.2) is 25.0 Å². The van der Waals surface area contributed by atoms with Gasteiger partial charge in [-0.3, -0.25) is 4.79 Å². The SMILES string of the molecule is CC1CCC(C(=O)NCC2CCCC2)CN1. The van der Waals surface area contributed by atoms with E-state index in [1.807, 2.05) is 0 Å². The van der Waals surface area contributed by atoms with Crippen LogP contribution in [0.2, 0.25) is 0 Å². The van der Waals surface area contributed by atoms with Crippen molar-refractivity contribution in [1.82, 2.24) is 10.6 Å². The van der Waals surface area contributed by atoms with Gasteiger partial charge in [0.1, 0.15) is 0 Å². The van der Waals surface area contributed by atoms with Crippen molar-refractivity contribution >= 4 is 5.91 Å². The number of carbonyl (C=O) groups excluding carboxylic acids is 1. The maximum Gasteiger partial charge on any atom is 0.224 e. The van der Waals surface area contributed by atoms with Crippen molar-refractivity contribution in [2.24, 2.45) is 11.8 Å². The maximum atomic E-state index is 11.9. The van der Waals surface area contributed by atoms with E-state index in [0.717, 1.165) is 31.8 Å². The Labute approximate surface area is 98.4 Å². The molecule has 2 unspecified atom stereocenters. The highest BCUT2D eigenvalue weighted by molar-refractivity contribution is 5.78. The van der Waals surface area contributed by atoms with Gasteiger partial charge in [0.15, 0.2) is 0 Å². The number of hydrogen-bond donors (Lipinski definition) is 2. The quantitative estimate of drug-likeness (QED) is 0.766. The summed E-state index contributed by atoms with van der Waals surface area (Å²) in [6.45, 7) is 3.95. The molecule has 0 spiro atoms. The molecule has 2 atom stereocenters. The number of amides is 1. The molecule has 2 fully saturated rings. The topological polar surface area (TPSA) is 41.1 Å². The zero-order chi connectivity index (χ0) is 11.4. The Balaban J connectivity index is 1.67. The van der Waals surface area contributed by atoms with Gasteiger partial charge in [-0.05, 0) is 38.5 Å². The molecular weight excluding hydrogens is 200 g/mol. The summed E-state index contributed by atoms with van der Waals surface area (Å²) in [5.74, 6) is 1.23. The first-order valence-electron chi connectivity index (χ1n) is 6.77. The van der Waals surface area contributed by atoms with E-state index in [0.29, 0.717) is 6.04 Å². The van der Waals surface area contributed by atoms with Crippen molar-refractivity contribution in [2.75, 3.05) is 13.1 Å². The highest BCUT2D eigenvalue weighted by Crippen LogP contribution is 2.24. The molecule has 1 amide bonds. The van der Waals surface area contributed by atoms with Crippen molar-refractivity contribution in [3.63, 3.8) is 0 Å². The second kappa shape index (κ2) is 5.67. The molecule has 3 heteroatoms. The zero-order valence-corrected chi connectivity index (χ0v) is 10.3. The van der Waals surface area contributed by atoms with E-state index >= 15 is 0 Å². The molecule has 0 aromatic heterocycles. The van der Waals surface area contributed by atoms with Gasteiger partial charge >= 0.3 is 0 Å². The van der Waals surface area contributed by atoms with Crippen LogP contribution in [0.3, 0.4) is 0 Å². The third kappa shape index (κ3) is 3.21. The molecule has 0 aromatic rings. The molecule has 0 aromatic carbocycles. The van der Waals surface area contributed by atoms with Crippen molar-refractivity contribution in [1.29, 1.82) is 0 Å². The van der Waals surface area contributed by atoms with Crippen molar-refractivity contribution in [2.45, 2.75) is 51.5 Å². The minimum absolute atomic E-state index is 0.206. The lowest BCUT2D eigenvalue weighted by Crippen LogP contribution is -2.44. The number of rotatable bonds is 3. The molecule has 2 rings (SSSR count). The van der Waals surface area contributed by atoms with Gasteiger partial charge in [0.05, 0.1) is 5.92 Å². The Morgan fingerprint density at radius 1 is 1.25 bits per heavy atom. The van der Waals surface area contributed by atoms with E-state index < -0.39 is 0 Å². The fraction of sp³-hybridized carbons (Fsp3) is 0.923. The summed E-state index contributed by atoms with van der Waals surface area (Å²) in [4.78, 5) is 11.9. The van der Waals surface area contributed by atoms with Crippen molar-refractivity contribution in [3.05, 3.63) is 0 Å². The summed E-state index contributed by atoms with van der Waals surface area (Å²) in [5.41, 5.74) is 0. The Hall–Kier alpha value is -0.570. The monoisotopic (exact) mass is 224 g/mol. The van der Waals surface area contributed by atoms with Gasteiger partial charge in [-0.15, -0.1) is 0 Å². The average molecular weight is 224 g/mol. The smallest absolute Gasteiger partial charge is 0.224 e. The maximum absolute atomic E-state index is 11.9. The van der Waals surface area contributed by atoms with Crippen LogP contribution in [-0.2, 0) is 4.79 Å². The first-order chi connectivity index (χ1) is 7.75. The lowest BCUT2D eigenvalue weighted by atomic mass is 9.94. The molecule has 1 saturated carbocycles. The normalized spacial score (nSPS) is 31.6. The number of piperidine rings is 1. The molecule has 0 radical (unpaired) electrons. The van der Waals surface area contributed by atoms with Gasteiger partial charge in [0.2, 0.25) is 5.91 Å². The van der Waals surface area contributed by atoms with E-state index in [1.165, 1.54) is 25.7 Å². The van der Waals surface area contributed by atoms with Crippen LogP contribution in [0.4, 0.5) is 0 Å². The first-order valence-corrected chi connectivity index (χ1v) is 6.77. The third-order valence-corrected chi connectivity index (χ3v) is 4.07. The Bertz CT molecular complexity index is 228. The molecule has 1 saturated heterocycles. The first kappa shape index (κ1) is 11.9. The van der Waals surface area contributed by atoms with Crippen LogP contribution in [0.25, 0.3) is 0 Å². The van der Waals surface area contributed by atoms with E-state index in [9.17, 15) is 4.79 Å². The minimum atomic E-state index is 0.206. The largest absolute Gasteiger partial charge is 0.356 e. The van der Waals surface area contributed by atoms with Gasteiger partial charge < -0.3 is 10.6 Å². The fourth-order valence-corrected chi connectivity index (χ4v) is 2.83. The van der Waals surface area contributed by atoms with E-state index in [1.54, 1.807) is 0 Å². The lowest BCUT2D eigenvalue weighted by Gasteiger charge is -2.27. The summed E-state index contributed by atoms with van der Waals surface area (Å²) in [6.07, 6.45) is 7.48. The Morgan fingerprint density at radius 2 is 2.00 bits per heavy atom. The van der Waals surface area contributed by atoms with Crippen LogP contribution in [0.1, 0.15) is 45.4 Å². The molecule has 2 N–H and O–H groups in total. The molecular formula is C13H24N2O. The second-order valence-corrected chi connectivity index (χ2v) is 5.48. The van der Waals surface area contributed by atoms with Crippen molar-refractivity contribution in [3.8, 4) is 0 Å². The number of carbonyl (C=O) groups is 1. The van der Waals surface area contributed by atoms with E-state index in [2.05, 4.69) is 17.6 Å². The molecule has 1 heterocycles. The highest BCUT2D eigenvalue weighted by Gasteiger charge is 2.24. The molecule has 3 nitrogen and oxygen atoms in total. The Morgan fingerprint density at radius 3 is 2.62 bits per heavy atom. The molecule has 0 bridgehead atoms. The van der Waals surface area contributed by atoms with Gasteiger partial charge in [-0.2, -0.15) is 0 Å². The summed E-state index contributed by atoms with van der Waals surface area (Å²) < 4.78 is 0. The fourth-order valence-electron chi connectivity index (χ4n) is 2.83. The van der Waals surface area contributed by atoms with Crippen LogP contribution >= 0.6 is 0 Å². The van der Waals surface area contributed by atoms with Gasteiger partial charge in [0.25, 0.3) is 0 Å². The summed E-state index contributed by atoms with van der Waals surface area (Å²) in [7, 11) is 0. The summed E-state index contributed by atoms with van der Waals surface area (Å²) in [6, 6.07) is 0.582. The third-order valence-electron chi connectivity index (χ3n) is 4.07. The Kier molecular flexibility index (Phi) is 4.22. The summed E-state index contributed by atoms with van der Waals surface area (Å²) in [5, 5.41) is 6.51. The lowest BCUT2D eigenvalue weighted by molar-refractivity contribution is -0.125. The van der Waals surface area contributed by atoms with Crippen LogP contribution in [0, 0.1) is 11.8 Å².